The van der Waals surface area contributed by atoms with E-state index in [-0.39, 0.29) is 11.3 Å². The summed E-state index contributed by atoms with van der Waals surface area (Å²) in [5.41, 5.74) is 3.39. The number of hydrogen-bond donors (Lipinski definition) is 1. The molecule has 1 aromatic rings. The van der Waals surface area contributed by atoms with Crippen LogP contribution in [0, 0.1) is 10.8 Å². The van der Waals surface area contributed by atoms with E-state index in [4.69, 9.17) is 0 Å². The van der Waals surface area contributed by atoms with E-state index in [9.17, 15) is 4.79 Å². The molecule has 1 saturated heterocycles. The third-order valence-corrected chi connectivity index (χ3v) is 5.19. The number of carbonyl (C=O) groups excluding carboxylic acids is 1. The normalized spacial score (nSPS) is 16.9. The summed E-state index contributed by atoms with van der Waals surface area (Å²) < 4.78 is 0. The van der Waals surface area contributed by atoms with Crippen molar-refractivity contribution in [2.75, 3.05) is 39.3 Å². The van der Waals surface area contributed by atoms with E-state index < -0.39 is 0 Å². The zero-order valence-corrected chi connectivity index (χ0v) is 19.0. The molecule has 4 heteroatoms. The fraction of sp³-hybridized carbons (Fsp3) is 0.708. The highest BCUT2D eigenvalue weighted by Gasteiger charge is 2.19. The Kier molecular flexibility index (Phi) is 8.08. The smallest absolute Gasteiger partial charge is 0.234 e. The zero-order valence-electron chi connectivity index (χ0n) is 19.0. The van der Waals surface area contributed by atoms with Gasteiger partial charge >= 0.3 is 0 Å². The summed E-state index contributed by atoms with van der Waals surface area (Å²) in [6.07, 6.45) is 2.13. The third-order valence-electron chi connectivity index (χ3n) is 5.19. The zero-order chi connectivity index (χ0) is 20.8. The van der Waals surface area contributed by atoms with Crippen molar-refractivity contribution in [2.24, 2.45) is 10.8 Å². The summed E-state index contributed by atoms with van der Waals surface area (Å²) in [5, 5.41) is 3.06. The Morgan fingerprint density at radius 2 is 1.39 bits per heavy atom. The van der Waals surface area contributed by atoms with E-state index in [0.717, 1.165) is 52.1 Å². The van der Waals surface area contributed by atoms with Gasteiger partial charge in [0.15, 0.2) is 0 Å². The van der Waals surface area contributed by atoms with E-state index in [1.165, 1.54) is 11.1 Å². The lowest BCUT2D eigenvalue weighted by molar-refractivity contribution is -0.122. The van der Waals surface area contributed by atoms with Crippen LogP contribution in [0.3, 0.4) is 0 Å². The third kappa shape index (κ3) is 9.20. The number of rotatable bonds is 7. The fourth-order valence-electron chi connectivity index (χ4n) is 3.57. The summed E-state index contributed by atoms with van der Waals surface area (Å²) >= 11 is 0. The molecule has 0 spiro atoms. The van der Waals surface area contributed by atoms with Gasteiger partial charge in [-0.2, -0.15) is 0 Å². The van der Waals surface area contributed by atoms with Gasteiger partial charge in [0.2, 0.25) is 5.91 Å². The molecule has 2 rings (SSSR count). The lowest BCUT2D eigenvalue weighted by atomic mass is 9.88. The second-order valence-electron chi connectivity index (χ2n) is 10.8. The Bertz CT molecular complexity index is 602. The minimum Gasteiger partial charge on any atom is -0.355 e. The molecule has 1 N–H and O–H groups in total. The van der Waals surface area contributed by atoms with E-state index in [0.29, 0.717) is 12.0 Å². The molecule has 4 nitrogen and oxygen atoms in total. The first-order chi connectivity index (χ1) is 13.0. The number of amides is 1. The Morgan fingerprint density at radius 1 is 0.857 bits per heavy atom. The maximum absolute atomic E-state index is 12.1. The number of nitrogens with zero attached hydrogens (tertiary/aromatic N) is 2. The molecule has 1 fully saturated rings. The highest BCUT2D eigenvalue weighted by atomic mass is 16.2. The molecular formula is C24H41N3O. The quantitative estimate of drug-likeness (QED) is 0.770. The molecule has 1 aliphatic rings. The van der Waals surface area contributed by atoms with Gasteiger partial charge in [-0.1, -0.05) is 65.8 Å². The van der Waals surface area contributed by atoms with Crippen molar-refractivity contribution in [1.82, 2.24) is 15.1 Å². The lowest BCUT2D eigenvalue weighted by Gasteiger charge is -2.34. The molecule has 158 valence electrons. The van der Waals surface area contributed by atoms with Gasteiger partial charge in [0.1, 0.15) is 0 Å². The van der Waals surface area contributed by atoms with Crippen LogP contribution < -0.4 is 5.32 Å². The summed E-state index contributed by atoms with van der Waals surface area (Å²) in [7, 11) is 0. The van der Waals surface area contributed by atoms with Crippen molar-refractivity contribution < 1.29 is 4.79 Å². The van der Waals surface area contributed by atoms with Gasteiger partial charge in [0.05, 0.1) is 6.54 Å². The molecule has 0 saturated carbocycles. The summed E-state index contributed by atoms with van der Waals surface area (Å²) in [4.78, 5) is 16.9. The number of nitrogens with one attached hydrogen (secondary N) is 1. The topological polar surface area (TPSA) is 35.6 Å². The average Bonchev–Trinajstić information content (AvgIpc) is 2.56. The molecule has 1 aliphatic heterocycles. The first-order valence-corrected chi connectivity index (χ1v) is 10.8. The minimum absolute atomic E-state index is 0.159. The average molecular weight is 388 g/mol. The van der Waals surface area contributed by atoms with Gasteiger partial charge in [-0.15, -0.1) is 0 Å². The molecule has 1 aromatic carbocycles. The van der Waals surface area contributed by atoms with E-state index >= 15 is 0 Å². The van der Waals surface area contributed by atoms with Crippen LogP contribution in [0.15, 0.2) is 24.3 Å². The van der Waals surface area contributed by atoms with Crippen molar-refractivity contribution in [3.8, 4) is 0 Å². The first-order valence-electron chi connectivity index (χ1n) is 10.8. The molecule has 0 atom stereocenters. The van der Waals surface area contributed by atoms with E-state index in [1.807, 2.05) is 0 Å². The van der Waals surface area contributed by atoms with Crippen LogP contribution in [-0.4, -0.2) is 55.0 Å². The predicted octanol–water partition coefficient (Wildman–Crippen LogP) is 3.95. The Balaban J connectivity index is 1.68. The molecule has 0 aromatic heterocycles. The SMILES string of the molecule is CC(C)(C)CCNC(=O)CN1CCN(Cc2ccc(CC(C)(C)C)cc2)CC1. The molecule has 0 bridgehead atoms. The van der Waals surface area contributed by atoms with Crippen LogP contribution in [0.5, 0.6) is 0 Å². The van der Waals surface area contributed by atoms with Gasteiger partial charge in [0, 0.05) is 39.3 Å². The standard InChI is InChI=1S/C24H41N3O/c1-23(2,3)11-12-25-22(28)19-27-15-13-26(14-16-27)18-21-9-7-20(8-10-21)17-24(4,5)6/h7-10H,11-19H2,1-6H3,(H,25,28). The second-order valence-corrected chi connectivity index (χ2v) is 10.8. The van der Waals surface area contributed by atoms with Crippen molar-refractivity contribution in [3.63, 3.8) is 0 Å². The number of hydrogen-bond acceptors (Lipinski definition) is 3. The highest BCUT2D eigenvalue weighted by Crippen LogP contribution is 2.21. The molecule has 1 heterocycles. The Morgan fingerprint density at radius 3 is 1.93 bits per heavy atom. The molecule has 0 radical (unpaired) electrons. The Hall–Kier alpha value is -1.39. The highest BCUT2D eigenvalue weighted by molar-refractivity contribution is 5.77. The molecule has 28 heavy (non-hydrogen) atoms. The van der Waals surface area contributed by atoms with Crippen LogP contribution in [0.1, 0.15) is 59.1 Å². The predicted molar refractivity (Wildman–Crippen MR) is 118 cm³/mol. The molecule has 0 aliphatic carbocycles. The van der Waals surface area contributed by atoms with E-state index in [2.05, 4.69) is 80.9 Å². The van der Waals surface area contributed by atoms with Crippen molar-refractivity contribution in [2.45, 2.75) is 60.9 Å². The number of carbonyl (C=O) groups is 1. The van der Waals surface area contributed by atoms with Gasteiger partial charge in [-0.05, 0) is 34.8 Å². The lowest BCUT2D eigenvalue weighted by Crippen LogP contribution is -2.49. The van der Waals surface area contributed by atoms with Crippen LogP contribution in [0.2, 0.25) is 0 Å². The van der Waals surface area contributed by atoms with Gasteiger partial charge < -0.3 is 5.32 Å². The maximum atomic E-state index is 12.1. The van der Waals surface area contributed by atoms with Gasteiger partial charge in [-0.25, -0.2) is 0 Å². The van der Waals surface area contributed by atoms with Crippen LogP contribution in [-0.2, 0) is 17.8 Å². The van der Waals surface area contributed by atoms with Crippen molar-refractivity contribution >= 4 is 5.91 Å². The van der Waals surface area contributed by atoms with E-state index in [1.54, 1.807) is 0 Å². The fourth-order valence-corrected chi connectivity index (χ4v) is 3.57. The minimum atomic E-state index is 0.159. The maximum Gasteiger partial charge on any atom is 0.234 e. The molecule has 0 unspecified atom stereocenters. The van der Waals surface area contributed by atoms with Crippen LogP contribution >= 0.6 is 0 Å². The second kappa shape index (κ2) is 9.89. The molecular weight excluding hydrogens is 346 g/mol. The molecule has 1 amide bonds. The van der Waals surface area contributed by atoms with Crippen molar-refractivity contribution in [3.05, 3.63) is 35.4 Å². The monoisotopic (exact) mass is 387 g/mol. The summed E-state index contributed by atoms with van der Waals surface area (Å²) in [5.74, 6) is 0.159. The largest absolute Gasteiger partial charge is 0.355 e. The Labute approximate surface area is 172 Å². The summed E-state index contributed by atoms with van der Waals surface area (Å²) in [6, 6.07) is 9.10. The van der Waals surface area contributed by atoms with Crippen molar-refractivity contribution in [1.29, 1.82) is 0 Å². The van der Waals surface area contributed by atoms with Crippen LogP contribution in [0.4, 0.5) is 0 Å². The van der Waals surface area contributed by atoms with Crippen LogP contribution in [0.25, 0.3) is 0 Å². The first kappa shape index (κ1) is 22.9. The summed E-state index contributed by atoms with van der Waals surface area (Å²) in [6.45, 7) is 19.8. The van der Waals surface area contributed by atoms with Gasteiger partial charge in [0.25, 0.3) is 0 Å². The number of piperazine rings is 1. The van der Waals surface area contributed by atoms with Gasteiger partial charge in [-0.3, -0.25) is 14.6 Å². The number of benzene rings is 1.